The SMILES string of the molecule is O=C(NCc1ccc(F)cc1)c1cc2nccc(-c3ccc(F)cc3)n2n1. The molecule has 2 aromatic heterocycles. The van der Waals surface area contributed by atoms with Crippen LogP contribution in [-0.4, -0.2) is 20.5 Å². The third kappa shape index (κ3) is 3.52. The van der Waals surface area contributed by atoms with Gasteiger partial charge in [-0.3, -0.25) is 4.79 Å². The molecule has 0 bridgehead atoms. The molecular weight excluding hydrogens is 350 g/mol. The van der Waals surface area contributed by atoms with Crippen molar-refractivity contribution in [2.45, 2.75) is 6.54 Å². The van der Waals surface area contributed by atoms with Crippen LogP contribution in [0.2, 0.25) is 0 Å². The molecule has 0 aliphatic carbocycles. The van der Waals surface area contributed by atoms with Gasteiger partial charge in [-0.1, -0.05) is 12.1 Å². The zero-order valence-corrected chi connectivity index (χ0v) is 14.1. The Kier molecular flexibility index (Phi) is 4.33. The highest BCUT2D eigenvalue weighted by Gasteiger charge is 2.14. The lowest BCUT2D eigenvalue weighted by atomic mass is 10.1. The number of carbonyl (C=O) groups excluding carboxylic acids is 1. The van der Waals surface area contributed by atoms with Crippen molar-refractivity contribution in [2.24, 2.45) is 0 Å². The van der Waals surface area contributed by atoms with Crippen LogP contribution in [0.1, 0.15) is 16.1 Å². The zero-order valence-electron chi connectivity index (χ0n) is 14.1. The number of rotatable bonds is 4. The van der Waals surface area contributed by atoms with Crippen LogP contribution in [-0.2, 0) is 6.54 Å². The molecule has 2 heterocycles. The third-order valence-electron chi connectivity index (χ3n) is 4.10. The summed E-state index contributed by atoms with van der Waals surface area (Å²) in [5.74, 6) is -1.02. The summed E-state index contributed by atoms with van der Waals surface area (Å²) >= 11 is 0. The van der Waals surface area contributed by atoms with Crippen LogP contribution in [0, 0.1) is 11.6 Å². The monoisotopic (exact) mass is 364 g/mol. The van der Waals surface area contributed by atoms with Gasteiger partial charge in [-0.2, -0.15) is 5.10 Å². The topological polar surface area (TPSA) is 59.3 Å². The van der Waals surface area contributed by atoms with E-state index in [1.54, 1.807) is 47.1 Å². The lowest BCUT2D eigenvalue weighted by molar-refractivity contribution is 0.0945. The van der Waals surface area contributed by atoms with Crippen molar-refractivity contribution < 1.29 is 13.6 Å². The number of nitrogens with zero attached hydrogens (tertiary/aromatic N) is 3. The standard InChI is InChI=1S/C20H14F2N4O/c21-15-5-1-13(2-6-15)12-24-20(27)17-11-19-23-10-9-18(26(19)25-17)14-3-7-16(22)8-4-14/h1-11H,12H2,(H,24,27). The predicted octanol–water partition coefficient (Wildman–Crippen LogP) is 3.60. The molecule has 4 rings (SSSR count). The first-order valence-corrected chi connectivity index (χ1v) is 8.23. The number of carbonyl (C=O) groups is 1. The summed E-state index contributed by atoms with van der Waals surface area (Å²) in [7, 11) is 0. The number of benzene rings is 2. The van der Waals surface area contributed by atoms with E-state index in [0.717, 1.165) is 11.1 Å². The van der Waals surface area contributed by atoms with E-state index in [1.165, 1.54) is 24.3 Å². The maximum absolute atomic E-state index is 13.2. The molecule has 0 aliphatic rings. The van der Waals surface area contributed by atoms with Crippen LogP contribution in [0.3, 0.4) is 0 Å². The van der Waals surface area contributed by atoms with Crippen molar-refractivity contribution in [3.63, 3.8) is 0 Å². The number of amides is 1. The van der Waals surface area contributed by atoms with Crippen molar-refractivity contribution >= 4 is 11.6 Å². The van der Waals surface area contributed by atoms with E-state index in [9.17, 15) is 13.6 Å². The third-order valence-corrected chi connectivity index (χ3v) is 4.10. The maximum Gasteiger partial charge on any atom is 0.272 e. The molecule has 0 aliphatic heterocycles. The van der Waals surface area contributed by atoms with E-state index in [4.69, 9.17) is 0 Å². The number of halogens is 2. The van der Waals surface area contributed by atoms with Crippen molar-refractivity contribution in [2.75, 3.05) is 0 Å². The minimum absolute atomic E-state index is 0.208. The Bertz CT molecular complexity index is 1110. The largest absolute Gasteiger partial charge is 0.347 e. The average molecular weight is 364 g/mol. The van der Waals surface area contributed by atoms with Gasteiger partial charge in [0.2, 0.25) is 0 Å². The van der Waals surface area contributed by atoms with Gasteiger partial charge in [-0.15, -0.1) is 0 Å². The van der Waals surface area contributed by atoms with E-state index in [1.807, 2.05) is 0 Å². The van der Waals surface area contributed by atoms with Gasteiger partial charge in [0.05, 0.1) is 5.69 Å². The van der Waals surface area contributed by atoms with Gasteiger partial charge in [0, 0.05) is 24.4 Å². The molecule has 27 heavy (non-hydrogen) atoms. The molecule has 0 spiro atoms. The smallest absolute Gasteiger partial charge is 0.272 e. The van der Waals surface area contributed by atoms with Crippen molar-refractivity contribution in [3.05, 3.63) is 89.8 Å². The fraction of sp³-hybridized carbons (Fsp3) is 0.0500. The molecule has 1 N–H and O–H groups in total. The second-order valence-corrected chi connectivity index (χ2v) is 5.95. The summed E-state index contributed by atoms with van der Waals surface area (Å²) in [5, 5.41) is 7.07. The molecule has 0 fully saturated rings. The Labute approximate surface area is 153 Å². The number of nitrogens with one attached hydrogen (secondary N) is 1. The maximum atomic E-state index is 13.2. The van der Waals surface area contributed by atoms with E-state index in [0.29, 0.717) is 11.3 Å². The van der Waals surface area contributed by atoms with Crippen LogP contribution in [0.5, 0.6) is 0 Å². The lowest BCUT2D eigenvalue weighted by Crippen LogP contribution is -2.23. The molecule has 4 aromatic rings. The summed E-state index contributed by atoms with van der Waals surface area (Å²) in [6.07, 6.45) is 1.61. The molecule has 0 radical (unpaired) electrons. The normalized spacial score (nSPS) is 10.9. The number of fused-ring (bicyclic) bond motifs is 1. The highest BCUT2D eigenvalue weighted by Crippen LogP contribution is 2.20. The number of hydrogen-bond acceptors (Lipinski definition) is 3. The minimum atomic E-state index is -0.366. The second-order valence-electron chi connectivity index (χ2n) is 5.95. The minimum Gasteiger partial charge on any atom is -0.347 e. The van der Waals surface area contributed by atoms with Gasteiger partial charge in [0.1, 0.15) is 11.6 Å². The van der Waals surface area contributed by atoms with Crippen molar-refractivity contribution in [1.82, 2.24) is 19.9 Å². The van der Waals surface area contributed by atoms with Gasteiger partial charge >= 0.3 is 0 Å². The molecule has 0 saturated heterocycles. The van der Waals surface area contributed by atoms with Crippen LogP contribution < -0.4 is 5.32 Å². The summed E-state index contributed by atoms with van der Waals surface area (Å²) in [6, 6.07) is 15.2. The Hall–Kier alpha value is -3.61. The zero-order chi connectivity index (χ0) is 18.8. The summed E-state index contributed by atoms with van der Waals surface area (Å²) in [5.41, 5.74) is 2.93. The van der Waals surface area contributed by atoms with E-state index in [-0.39, 0.29) is 29.8 Å². The predicted molar refractivity (Wildman–Crippen MR) is 96.0 cm³/mol. The van der Waals surface area contributed by atoms with Crippen LogP contribution in [0.4, 0.5) is 8.78 Å². The van der Waals surface area contributed by atoms with Crippen molar-refractivity contribution in [1.29, 1.82) is 0 Å². The quantitative estimate of drug-likeness (QED) is 0.602. The first-order chi connectivity index (χ1) is 13.1. The Balaban J connectivity index is 1.59. The lowest BCUT2D eigenvalue weighted by Gasteiger charge is -2.04. The molecule has 0 saturated carbocycles. The Morgan fingerprint density at radius 2 is 1.63 bits per heavy atom. The van der Waals surface area contributed by atoms with E-state index < -0.39 is 0 Å². The van der Waals surface area contributed by atoms with Gasteiger partial charge in [0.15, 0.2) is 11.3 Å². The van der Waals surface area contributed by atoms with Gasteiger partial charge in [-0.25, -0.2) is 18.3 Å². The summed E-state index contributed by atoms with van der Waals surface area (Å²) in [4.78, 5) is 16.6. The molecule has 2 aromatic carbocycles. The van der Waals surface area contributed by atoms with Gasteiger partial charge < -0.3 is 5.32 Å². The number of hydrogen-bond donors (Lipinski definition) is 1. The molecular formula is C20H14F2N4O. The Morgan fingerprint density at radius 1 is 0.963 bits per heavy atom. The molecule has 5 nitrogen and oxygen atoms in total. The molecule has 134 valence electrons. The van der Waals surface area contributed by atoms with E-state index >= 15 is 0 Å². The number of aromatic nitrogens is 3. The van der Waals surface area contributed by atoms with Crippen LogP contribution in [0.25, 0.3) is 16.9 Å². The first-order valence-electron chi connectivity index (χ1n) is 8.23. The fourth-order valence-corrected chi connectivity index (χ4v) is 2.72. The van der Waals surface area contributed by atoms with E-state index in [2.05, 4.69) is 15.4 Å². The molecule has 7 heteroatoms. The summed E-state index contributed by atoms with van der Waals surface area (Å²) < 4.78 is 27.6. The second kappa shape index (κ2) is 6.95. The van der Waals surface area contributed by atoms with Crippen LogP contribution in [0.15, 0.2) is 66.9 Å². The Morgan fingerprint density at radius 3 is 2.33 bits per heavy atom. The first kappa shape index (κ1) is 16.8. The highest BCUT2D eigenvalue weighted by atomic mass is 19.1. The fourth-order valence-electron chi connectivity index (χ4n) is 2.72. The van der Waals surface area contributed by atoms with Gasteiger partial charge in [0.25, 0.3) is 5.91 Å². The molecule has 1 amide bonds. The molecule has 0 unspecified atom stereocenters. The van der Waals surface area contributed by atoms with Gasteiger partial charge in [-0.05, 0) is 48.0 Å². The summed E-state index contributed by atoms with van der Waals surface area (Å²) in [6.45, 7) is 0.255. The highest BCUT2D eigenvalue weighted by molar-refractivity contribution is 5.93. The molecule has 0 atom stereocenters. The average Bonchev–Trinajstić information content (AvgIpc) is 3.12. The van der Waals surface area contributed by atoms with Crippen molar-refractivity contribution in [3.8, 4) is 11.3 Å². The van der Waals surface area contributed by atoms with Crippen LogP contribution >= 0.6 is 0 Å².